The Labute approximate surface area is 147 Å². The average molecular weight is 360 g/mol. The number of carbonyl (C=O) groups is 1. The summed E-state index contributed by atoms with van der Waals surface area (Å²) in [6, 6.07) is 9.14. The maximum atomic E-state index is 12.1. The van der Waals surface area contributed by atoms with Crippen LogP contribution in [0.2, 0.25) is 0 Å². The molecule has 1 aromatic carbocycles. The summed E-state index contributed by atoms with van der Waals surface area (Å²) in [5, 5.41) is 1.21. The number of rotatable bonds is 5. The molecule has 0 aliphatic rings. The van der Waals surface area contributed by atoms with Crippen molar-refractivity contribution < 1.29 is 9.53 Å². The second kappa shape index (κ2) is 7.19. The quantitative estimate of drug-likeness (QED) is 0.426. The Kier molecular flexibility index (Phi) is 5.01. The molecule has 1 N–H and O–H groups in total. The predicted octanol–water partition coefficient (Wildman–Crippen LogP) is 3.76. The van der Waals surface area contributed by atoms with Crippen LogP contribution < -0.4 is 5.56 Å². The van der Waals surface area contributed by atoms with Gasteiger partial charge in [-0.25, -0.2) is 9.78 Å². The molecule has 0 aliphatic carbocycles. The number of thioether (sulfide) groups is 1. The zero-order valence-electron chi connectivity index (χ0n) is 13.3. The van der Waals surface area contributed by atoms with E-state index in [9.17, 15) is 9.59 Å². The Morgan fingerprint density at radius 2 is 2.21 bits per heavy atom. The topological polar surface area (TPSA) is 72.0 Å². The van der Waals surface area contributed by atoms with Crippen molar-refractivity contribution in [3.8, 4) is 0 Å². The zero-order chi connectivity index (χ0) is 17.1. The van der Waals surface area contributed by atoms with Crippen molar-refractivity contribution in [1.82, 2.24) is 9.97 Å². The van der Waals surface area contributed by atoms with E-state index < -0.39 is 0 Å². The van der Waals surface area contributed by atoms with Crippen LogP contribution in [0.5, 0.6) is 0 Å². The first-order chi connectivity index (χ1) is 11.6. The van der Waals surface area contributed by atoms with Crippen molar-refractivity contribution in [3.05, 3.63) is 56.7 Å². The molecule has 0 fully saturated rings. The molecule has 2 heterocycles. The molecule has 0 bridgehead atoms. The average Bonchev–Trinajstić information content (AvgIpc) is 2.94. The number of fused-ring (bicyclic) bond motifs is 1. The Morgan fingerprint density at radius 1 is 1.38 bits per heavy atom. The molecule has 5 nitrogen and oxygen atoms in total. The van der Waals surface area contributed by atoms with Gasteiger partial charge >= 0.3 is 5.97 Å². The molecule has 0 spiro atoms. The lowest BCUT2D eigenvalue weighted by Gasteiger charge is -2.05. The largest absolute Gasteiger partial charge is 0.462 e. The number of benzene rings is 1. The van der Waals surface area contributed by atoms with Crippen molar-refractivity contribution in [2.75, 3.05) is 6.61 Å². The molecule has 0 saturated carbocycles. The van der Waals surface area contributed by atoms with Crippen molar-refractivity contribution >= 4 is 39.3 Å². The van der Waals surface area contributed by atoms with Gasteiger partial charge in [-0.2, -0.15) is 0 Å². The van der Waals surface area contributed by atoms with E-state index in [0.717, 1.165) is 15.3 Å². The number of aryl methyl sites for hydroxylation is 1. The van der Waals surface area contributed by atoms with Gasteiger partial charge < -0.3 is 9.72 Å². The Balaban J connectivity index is 1.77. The van der Waals surface area contributed by atoms with Gasteiger partial charge in [0.1, 0.15) is 4.83 Å². The number of hydrogen-bond donors (Lipinski definition) is 1. The van der Waals surface area contributed by atoms with Crippen LogP contribution in [0.25, 0.3) is 10.2 Å². The van der Waals surface area contributed by atoms with E-state index in [4.69, 9.17) is 4.74 Å². The normalized spacial score (nSPS) is 10.9. The molecule has 0 atom stereocenters. The van der Waals surface area contributed by atoms with E-state index in [-0.39, 0.29) is 11.5 Å². The molecule has 0 saturated heterocycles. The second-order valence-electron chi connectivity index (χ2n) is 5.16. The molecule has 0 amide bonds. The van der Waals surface area contributed by atoms with E-state index in [1.165, 1.54) is 23.1 Å². The molecular weight excluding hydrogens is 344 g/mol. The predicted molar refractivity (Wildman–Crippen MR) is 96.9 cm³/mol. The van der Waals surface area contributed by atoms with Crippen LogP contribution in [0.1, 0.15) is 27.7 Å². The van der Waals surface area contributed by atoms with Gasteiger partial charge in [0.05, 0.1) is 17.6 Å². The van der Waals surface area contributed by atoms with Gasteiger partial charge in [0.2, 0.25) is 0 Å². The monoisotopic (exact) mass is 360 g/mol. The molecule has 24 heavy (non-hydrogen) atoms. The summed E-state index contributed by atoms with van der Waals surface area (Å²) in [7, 11) is 0. The third kappa shape index (κ3) is 3.68. The highest BCUT2D eigenvalue weighted by atomic mass is 32.2. The van der Waals surface area contributed by atoms with Crippen LogP contribution in [0, 0.1) is 6.92 Å². The number of nitrogens with one attached hydrogen (secondary N) is 1. The Hall–Kier alpha value is -2.12. The molecule has 124 valence electrons. The van der Waals surface area contributed by atoms with Crippen molar-refractivity contribution in [2.45, 2.75) is 24.8 Å². The molecule has 2 aromatic heterocycles. The van der Waals surface area contributed by atoms with Gasteiger partial charge in [0, 0.05) is 10.6 Å². The summed E-state index contributed by atoms with van der Waals surface area (Å²) >= 11 is 2.94. The van der Waals surface area contributed by atoms with Crippen molar-refractivity contribution in [3.63, 3.8) is 0 Å². The molecule has 0 unspecified atom stereocenters. The lowest BCUT2D eigenvalue weighted by atomic mass is 10.1. The summed E-state index contributed by atoms with van der Waals surface area (Å²) in [4.78, 5) is 33.0. The number of aromatic amines is 1. The fraction of sp³-hybridized carbons (Fsp3) is 0.235. The zero-order valence-corrected chi connectivity index (χ0v) is 14.9. The van der Waals surface area contributed by atoms with Crippen LogP contribution in [0.4, 0.5) is 0 Å². The summed E-state index contributed by atoms with van der Waals surface area (Å²) in [6.45, 7) is 4.09. The molecule has 0 radical (unpaired) electrons. The summed E-state index contributed by atoms with van der Waals surface area (Å²) < 4.78 is 5.01. The van der Waals surface area contributed by atoms with Gasteiger partial charge in [0.25, 0.3) is 5.56 Å². The van der Waals surface area contributed by atoms with Crippen LogP contribution in [-0.2, 0) is 10.5 Å². The highest BCUT2D eigenvalue weighted by molar-refractivity contribution is 7.98. The third-order valence-corrected chi connectivity index (χ3v) is 5.21. The highest BCUT2D eigenvalue weighted by Gasteiger charge is 2.09. The highest BCUT2D eigenvalue weighted by Crippen LogP contribution is 2.24. The van der Waals surface area contributed by atoms with Crippen LogP contribution >= 0.6 is 23.1 Å². The maximum Gasteiger partial charge on any atom is 0.338 e. The van der Waals surface area contributed by atoms with E-state index in [0.29, 0.717) is 28.5 Å². The number of H-pyrrole nitrogens is 1. The lowest BCUT2D eigenvalue weighted by molar-refractivity contribution is 0.0526. The Morgan fingerprint density at radius 3 is 3.00 bits per heavy atom. The number of esters is 1. The standard InChI is InChI=1S/C17H16N2O3S2/c1-3-22-16(21)12-6-4-5-11(8-12)9-23-17-18-14(20)13-7-10(2)24-15(13)19-17/h4-8H,3,9H2,1-2H3,(H,18,19,20). The fourth-order valence-corrected chi connectivity index (χ4v) is 4.00. The summed E-state index contributed by atoms with van der Waals surface area (Å²) in [6.07, 6.45) is 0. The number of hydrogen-bond acceptors (Lipinski definition) is 6. The summed E-state index contributed by atoms with van der Waals surface area (Å²) in [5.41, 5.74) is 1.38. The SMILES string of the molecule is CCOC(=O)c1cccc(CSc2nc3sc(C)cc3c(=O)[nH]2)c1. The van der Waals surface area contributed by atoms with Gasteiger partial charge in [-0.3, -0.25) is 4.79 Å². The molecule has 3 rings (SSSR count). The summed E-state index contributed by atoms with van der Waals surface area (Å²) in [5.74, 6) is 0.276. The van der Waals surface area contributed by atoms with Gasteiger partial charge in [-0.15, -0.1) is 11.3 Å². The number of ether oxygens (including phenoxy) is 1. The molecule has 7 heteroatoms. The first-order valence-corrected chi connectivity index (χ1v) is 9.26. The molecule has 3 aromatic rings. The lowest BCUT2D eigenvalue weighted by Crippen LogP contribution is -2.07. The third-order valence-electron chi connectivity index (χ3n) is 3.32. The fourth-order valence-electron chi connectivity index (χ4n) is 2.25. The van der Waals surface area contributed by atoms with Gasteiger partial charge in [-0.1, -0.05) is 23.9 Å². The minimum Gasteiger partial charge on any atom is -0.462 e. The van der Waals surface area contributed by atoms with E-state index >= 15 is 0 Å². The number of carbonyl (C=O) groups excluding carboxylic acids is 1. The minimum atomic E-state index is -0.327. The van der Waals surface area contributed by atoms with Crippen LogP contribution in [0.3, 0.4) is 0 Å². The van der Waals surface area contributed by atoms with E-state index in [1.54, 1.807) is 19.1 Å². The second-order valence-corrected chi connectivity index (χ2v) is 7.36. The first kappa shape index (κ1) is 16.7. The van der Waals surface area contributed by atoms with Crippen LogP contribution in [-0.4, -0.2) is 22.5 Å². The van der Waals surface area contributed by atoms with Crippen molar-refractivity contribution in [2.24, 2.45) is 0 Å². The smallest absolute Gasteiger partial charge is 0.338 e. The van der Waals surface area contributed by atoms with Gasteiger partial charge in [0.15, 0.2) is 5.16 Å². The van der Waals surface area contributed by atoms with Gasteiger partial charge in [-0.05, 0) is 37.6 Å². The first-order valence-electron chi connectivity index (χ1n) is 7.46. The number of nitrogens with zero attached hydrogens (tertiary/aromatic N) is 1. The van der Waals surface area contributed by atoms with E-state index in [1.807, 2.05) is 25.1 Å². The number of thiophene rings is 1. The van der Waals surface area contributed by atoms with Crippen molar-refractivity contribution in [1.29, 1.82) is 0 Å². The molecule has 0 aliphatic heterocycles. The number of aromatic nitrogens is 2. The van der Waals surface area contributed by atoms with Crippen LogP contribution in [0.15, 0.2) is 40.3 Å². The minimum absolute atomic E-state index is 0.118. The Bertz CT molecular complexity index is 946. The van der Waals surface area contributed by atoms with E-state index in [2.05, 4.69) is 9.97 Å². The molecular formula is C17H16N2O3S2. The maximum absolute atomic E-state index is 12.1.